The Morgan fingerprint density at radius 1 is 0.564 bits per heavy atom. The van der Waals surface area contributed by atoms with Gasteiger partial charge in [-0.05, 0) is 89.9 Å². The van der Waals surface area contributed by atoms with Crippen LogP contribution in [0.3, 0.4) is 0 Å². The average Bonchev–Trinajstić information content (AvgIpc) is 3.17. The number of phosphoric acid groups is 1. The molecule has 0 spiro atoms. The third kappa shape index (κ3) is 42.4. The Balaban J connectivity index is 4.20. The first-order chi connectivity index (χ1) is 26.9. The molecule has 2 atom stereocenters. The second-order valence-corrected chi connectivity index (χ2v) is 14.9. The molecule has 0 saturated heterocycles. The van der Waals surface area contributed by atoms with Gasteiger partial charge < -0.3 is 20.1 Å². The van der Waals surface area contributed by atoms with Gasteiger partial charge in [0.25, 0.3) is 0 Å². The SMILES string of the molecule is CC/C=C\C/C=C\C/C=C\C/C=C\C/C=C\C/C=C\C/C=C\CCCC(=O)OC(COCCCCCCCC/C=C\CCCCC)COP(=O)(O)OCCN. The number of hydrogen-bond donors (Lipinski definition) is 2. The second-order valence-electron chi connectivity index (χ2n) is 13.5. The van der Waals surface area contributed by atoms with Crippen LogP contribution in [-0.2, 0) is 27.9 Å². The number of rotatable bonds is 39. The minimum atomic E-state index is -4.30. The number of carbonyl (C=O) groups excluding carboxylic acids is 1. The topological polar surface area (TPSA) is 117 Å². The Bertz CT molecular complexity index is 1150. The van der Waals surface area contributed by atoms with Gasteiger partial charge >= 0.3 is 13.8 Å². The first-order valence-electron chi connectivity index (χ1n) is 21.2. The van der Waals surface area contributed by atoms with E-state index in [2.05, 4.69) is 111 Å². The van der Waals surface area contributed by atoms with E-state index in [4.69, 9.17) is 24.3 Å². The fraction of sp³-hybridized carbons (Fsp3) is 0.630. The van der Waals surface area contributed by atoms with Crippen molar-refractivity contribution in [2.45, 2.75) is 155 Å². The number of carbonyl (C=O) groups is 1. The fourth-order valence-electron chi connectivity index (χ4n) is 5.15. The van der Waals surface area contributed by atoms with E-state index in [-0.39, 0.29) is 32.8 Å². The Hall–Kier alpha value is -2.58. The summed E-state index contributed by atoms with van der Waals surface area (Å²) in [6.07, 6.45) is 55.7. The van der Waals surface area contributed by atoms with Crippen molar-refractivity contribution >= 4 is 13.8 Å². The summed E-state index contributed by atoms with van der Waals surface area (Å²) < 4.78 is 33.3. The summed E-state index contributed by atoms with van der Waals surface area (Å²) in [5.74, 6) is -0.394. The molecule has 0 aliphatic heterocycles. The molecule has 0 aromatic rings. The molecule has 9 heteroatoms. The largest absolute Gasteiger partial charge is 0.472 e. The lowest BCUT2D eigenvalue weighted by atomic mass is 10.1. The van der Waals surface area contributed by atoms with Crippen molar-refractivity contribution in [3.05, 3.63) is 97.2 Å². The normalized spacial score (nSPS) is 14.5. The van der Waals surface area contributed by atoms with Crippen LogP contribution in [0, 0.1) is 0 Å². The highest BCUT2D eigenvalue weighted by Gasteiger charge is 2.25. The van der Waals surface area contributed by atoms with Crippen molar-refractivity contribution in [2.75, 3.05) is 33.0 Å². The van der Waals surface area contributed by atoms with E-state index in [0.717, 1.165) is 77.0 Å². The summed E-state index contributed by atoms with van der Waals surface area (Å²) in [4.78, 5) is 22.4. The lowest BCUT2D eigenvalue weighted by molar-refractivity contribution is -0.154. The van der Waals surface area contributed by atoms with E-state index in [1.54, 1.807) is 0 Å². The molecule has 0 aliphatic carbocycles. The van der Waals surface area contributed by atoms with Crippen LogP contribution >= 0.6 is 7.82 Å². The van der Waals surface area contributed by atoms with Crippen molar-refractivity contribution < 1.29 is 32.8 Å². The van der Waals surface area contributed by atoms with Gasteiger partial charge in [0.05, 0.1) is 19.8 Å². The third-order valence-corrected chi connectivity index (χ3v) is 9.22. The molecule has 0 aromatic carbocycles. The van der Waals surface area contributed by atoms with Gasteiger partial charge in [-0.25, -0.2) is 4.57 Å². The van der Waals surface area contributed by atoms with E-state index in [1.807, 2.05) is 0 Å². The van der Waals surface area contributed by atoms with Crippen LogP contribution in [0.15, 0.2) is 97.2 Å². The third-order valence-electron chi connectivity index (χ3n) is 8.24. The quantitative estimate of drug-likeness (QED) is 0.0274. The molecule has 55 heavy (non-hydrogen) atoms. The molecule has 0 aromatic heterocycles. The zero-order valence-electron chi connectivity index (χ0n) is 34.6. The summed E-state index contributed by atoms with van der Waals surface area (Å²) in [6, 6.07) is 0. The highest BCUT2D eigenvalue weighted by atomic mass is 31.2. The van der Waals surface area contributed by atoms with Crippen LogP contribution < -0.4 is 5.73 Å². The van der Waals surface area contributed by atoms with Crippen molar-refractivity contribution in [1.82, 2.24) is 0 Å². The molecule has 2 unspecified atom stereocenters. The second kappa shape index (κ2) is 42.6. The average molecular weight is 788 g/mol. The molecule has 0 amide bonds. The van der Waals surface area contributed by atoms with E-state index < -0.39 is 19.9 Å². The Morgan fingerprint density at radius 2 is 1.02 bits per heavy atom. The number of allylic oxidation sites excluding steroid dienone is 16. The molecule has 314 valence electrons. The monoisotopic (exact) mass is 788 g/mol. The molecule has 0 fully saturated rings. The number of phosphoric ester groups is 1. The van der Waals surface area contributed by atoms with Crippen LogP contribution in [0.4, 0.5) is 0 Å². The molecule has 0 radical (unpaired) electrons. The van der Waals surface area contributed by atoms with Crippen LogP contribution in [0.5, 0.6) is 0 Å². The van der Waals surface area contributed by atoms with Crippen LogP contribution in [0.2, 0.25) is 0 Å². The maximum absolute atomic E-state index is 12.6. The highest BCUT2D eigenvalue weighted by Crippen LogP contribution is 2.43. The van der Waals surface area contributed by atoms with Gasteiger partial charge in [-0.3, -0.25) is 13.8 Å². The van der Waals surface area contributed by atoms with Gasteiger partial charge in [0.15, 0.2) is 0 Å². The Morgan fingerprint density at radius 3 is 1.55 bits per heavy atom. The molecule has 0 heterocycles. The molecule has 0 saturated carbocycles. The highest BCUT2D eigenvalue weighted by molar-refractivity contribution is 7.47. The number of ether oxygens (including phenoxy) is 2. The maximum atomic E-state index is 12.6. The lowest BCUT2D eigenvalue weighted by Gasteiger charge is -2.20. The van der Waals surface area contributed by atoms with Gasteiger partial charge in [0.2, 0.25) is 0 Å². The molecular weight excluding hydrogens is 709 g/mol. The Labute approximate surface area is 336 Å². The summed E-state index contributed by atoms with van der Waals surface area (Å²) >= 11 is 0. The van der Waals surface area contributed by atoms with Crippen molar-refractivity contribution in [3.63, 3.8) is 0 Å². The molecule has 0 bridgehead atoms. The minimum absolute atomic E-state index is 0.0824. The predicted molar refractivity (Wildman–Crippen MR) is 233 cm³/mol. The van der Waals surface area contributed by atoms with Gasteiger partial charge in [-0.15, -0.1) is 0 Å². The van der Waals surface area contributed by atoms with E-state index >= 15 is 0 Å². The molecule has 0 rings (SSSR count). The summed E-state index contributed by atoms with van der Waals surface area (Å²) in [5, 5.41) is 0. The minimum Gasteiger partial charge on any atom is -0.457 e. The number of hydrogen-bond acceptors (Lipinski definition) is 7. The van der Waals surface area contributed by atoms with Crippen molar-refractivity contribution in [2.24, 2.45) is 5.73 Å². The fourth-order valence-corrected chi connectivity index (χ4v) is 5.92. The molecule has 8 nitrogen and oxygen atoms in total. The van der Waals surface area contributed by atoms with E-state index in [1.165, 1.54) is 44.9 Å². The van der Waals surface area contributed by atoms with Crippen molar-refractivity contribution in [1.29, 1.82) is 0 Å². The molecular formula is C46H78NO7P. The molecule has 3 N–H and O–H groups in total. The van der Waals surface area contributed by atoms with Crippen LogP contribution in [-0.4, -0.2) is 49.9 Å². The summed E-state index contributed by atoms with van der Waals surface area (Å²) in [7, 11) is -4.30. The number of esters is 1. The zero-order chi connectivity index (χ0) is 40.2. The lowest BCUT2D eigenvalue weighted by Crippen LogP contribution is -2.28. The Kier molecular flexibility index (Phi) is 40.6. The van der Waals surface area contributed by atoms with Crippen LogP contribution in [0.25, 0.3) is 0 Å². The van der Waals surface area contributed by atoms with E-state index in [0.29, 0.717) is 13.0 Å². The maximum Gasteiger partial charge on any atom is 0.472 e. The number of unbranched alkanes of at least 4 members (excludes halogenated alkanes) is 10. The summed E-state index contributed by atoms with van der Waals surface area (Å²) in [6.45, 7) is 4.66. The van der Waals surface area contributed by atoms with Gasteiger partial charge in [-0.2, -0.15) is 0 Å². The standard InChI is InChI=1S/C46H78NO7P/c1-3-5-7-9-11-13-15-17-18-19-20-21-22-23-24-25-26-27-29-31-33-35-37-39-46(48)54-45(44-53-55(49,50)52-42-40-47)43-51-41-38-36-34-32-30-28-16-14-12-10-8-6-4-2/h5,7,11-14,17-18,20-21,23-24,26-27,31,33,45H,3-4,6,8-10,15-16,19,22,25,28-30,32,34-44,47H2,1-2H3,(H,49,50)/b7-5-,13-11-,14-12-,18-17-,21-20-,24-23-,27-26-,33-31-. The van der Waals surface area contributed by atoms with Crippen LogP contribution in [0.1, 0.15) is 149 Å². The molecule has 0 aliphatic rings. The summed E-state index contributed by atoms with van der Waals surface area (Å²) in [5.41, 5.74) is 5.36. The zero-order valence-corrected chi connectivity index (χ0v) is 35.5. The first-order valence-corrected chi connectivity index (χ1v) is 22.7. The van der Waals surface area contributed by atoms with Gasteiger partial charge in [0.1, 0.15) is 6.10 Å². The van der Waals surface area contributed by atoms with Crippen molar-refractivity contribution in [3.8, 4) is 0 Å². The van der Waals surface area contributed by atoms with Gasteiger partial charge in [0, 0.05) is 19.6 Å². The first kappa shape index (κ1) is 52.4. The number of nitrogens with two attached hydrogens (primary N) is 1. The smallest absolute Gasteiger partial charge is 0.457 e. The predicted octanol–water partition coefficient (Wildman–Crippen LogP) is 12.7. The van der Waals surface area contributed by atoms with E-state index in [9.17, 15) is 14.3 Å². The van der Waals surface area contributed by atoms with Gasteiger partial charge in [-0.1, -0.05) is 150 Å².